The van der Waals surface area contributed by atoms with Crippen LogP contribution < -0.4 is 21.9 Å². The van der Waals surface area contributed by atoms with E-state index in [0.29, 0.717) is 36.8 Å². The highest BCUT2D eigenvalue weighted by Crippen LogP contribution is 2.20. The SMILES string of the molecule is Cc1cc(NC(=O)Nc2nc(=O)c(-c3ccc(CN(CCCN)Cc4nccn4C)cc3)c[nH]2)c(F)cc1F. The van der Waals surface area contributed by atoms with Crippen LogP contribution >= 0.6 is 0 Å². The van der Waals surface area contributed by atoms with Crippen molar-refractivity contribution >= 4 is 17.7 Å². The van der Waals surface area contributed by atoms with Crippen LogP contribution in [0.1, 0.15) is 23.4 Å². The van der Waals surface area contributed by atoms with E-state index >= 15 is 0 Å². The van der Waals surface area contributed by atoms with Crippen molar-refractivity contribution in [2.75, 3.05) is 23.7 Å². The lowest BCUT2D eigenvalue weighted by atomic mass is 10.1. The summed E-state index contributed by atoms with van der Waals surface area (Å²) >= 11 is 0. The van der Waals surface area contributed by atoms with E-state index in [2.05, 4.69) is 30.5 Å². The average molecular weight is 537 g/mol. The molecule has 4 rings (SSSR count). The highest BCUT2D eigenvalue weighted by atomic mass is 19.1. The van der Waals surface area contributed by atoms with E-state index in [1.54, 1.807) is 6.20 Å². The molecule has 0 unspecified atom stereocenters. The first kappa shape index (κ1) is 27.6. The minimum absolute atomic E-state index is 0.123. The molecule has 0 spiro atoms. The van der Waals surface area contributed by atoms with Gasteiger partial charge in [-0.25, -0.2) is 18.6 Å². The molecule has 0 aliphatic rings. The molecule has 0 saturated carbocycles. The van der Waals surface area contributed by atoms with E-state index in [1.807, 2.05) is 42.1 Å². The second-order valence-corrected chi connectivity index (χ2v) is 9.13. The Labute approximate surface area is 223 Å². The van der Waals surface area contributed by atoms with Crippen molar-refractivity contribution in [2.45, 2.75) is 26.4 Å². The maximum atomic E-state index is 13.9. The summed E-state index contributed by atoms with van der Waals surface area (Å²) in [6, 6.07) is 8.58. The van der Waals surface area contributed by atoms with Crippen molar-refractivity contribution in [1.29, 1.82) is 0 Å². The second kappa shape index (κ2) is 12.4. The van der Waals surface area contributed by atoms with Crippen LogP contribution in [0.3, 0.4) is 0 Å². The van der Waals surface area contributed by atoms with E-state index in [1.165, 1.54) is 19.2 Å². The number of hydrogen-bond acceptors (Lipinski definition) is 6. The maximum absolute atomic E-state index is 13.9. The first-order valence-electron chi connectivity index (χ1n) is 12.3. The van der Waals surface area contributed by atoms with Gasteiger partial charge in [-0.3, -0.25) is 15.0 Å². The number of imidazole rings is 1. The Morgan fingerprint density at radius 3 is 2.56 bits per heavy atom. The minimum atomic E-state index is -0.923. The van der Waals surface area contributed by atoms with E-state index in [4.69, 9.17) is 5.73 Å². The van der Waals surface area contributed by atoms with Gasteiger partial charge in [-0.1, -0.05) is 24.3 Å². The smallest absolute Gasteiger partial charge is 0.326 e. The number of aromatic nitrogens is 4. The lowest BCUT2D eigenvalue weighted by Gasteiger charge is -2.22. The van der Waals surface area contributed by atoms with Crippen molar-refractivity contribution in [1.82, 2.24) is 24.4 Å². The van der Waals surface area contributed by atoms with Crippen molar-refractivity contribution in [3.8, 4) is 11.1 Å². The molecule has 0 fully saturated rings. The third kappa shape index (κ3) is 7.12. The summed E-state index contributed by atoms with van der Waals surface area (Å²) in [5.74, 6) is -0.808. The molecule has 0 bridgehead atoms. The van der Waals surface area contributed by atoms with E-state index < -0.39 is 23.2 Å². The van der Waals surface area contributed by atoms with Crippen LogP contribution in [0.15, 0.2) is 59.8 Å². The predicted octanol–water partition coefficient (Wildman–Crippen LogP) is 3.75. The van der Waals surface area contributed by atoms with Gasteiger partial charge < -0.3 is 20.6 Å². The van der Waals surface area contributed by atoms with Crippen molar-refractivity contribution in [3.63, 3.8) is 0 Å². The molecule has 0 aliphatic carbocycles. The van der Waals surface area contributed by atoms with E-state index in [-0.39, 0.29) is 17.2 Å². The average Bonchev–Trinajstić information content (AvgIpc) is 3.30. The number of anilines is 2. The monoisotopic (exact) mass is 536 g/mol. The fourth-order valence-electron chi connectivity index (χ4n) is 4.01. The van der Waals surface area contributed by atoms with Gasteiger partial charge in [0.05, 0.1) is 17.8 Å². The zero-order valence-electron chi connectivity index (χ0n) is 21.7. The standard InChI is InChI=1S/C27H30F2N8O2/c1-17-12-23(22(29)13-21(17)28)33-27(39)35-26-32-14-20(25(38)34-26)19-6-4-18(5-7-19)15-37(10-3-8-30)16-24-31-9-11-36(24)2/h4-7,9,11-14H,3,8,10,15-16,30H2,1-2H3,(H3,32,33,34,35,38,39). The number of aryl methyl sites for hydroxylation is 2. The molecule has 4 aromatic rings. The highest BCUT2D eigenvalue weighted by molar-refractivity contribution is 5.98. The number of amides is 2. The van der Waals surface area contributed by atoms with Gasteiger partial charge in [0.2, 0.25) is 5.95 Å². The fourth-order valence-corrected chi connectivity index (χ4v) is 4.01. The Balaban J connectivity index is 1.41. The van der Waals surface area contributed by atoms with Gasteiger partial charge in [0.1, 0.15) is 17.5 Å². The molecule has 204 valence electrons. The number of H-pyrrole nitrogens is 1. The Morgan fingerprint density at radius 1 is 1.13 bits per heavy atom. The lowest BCUT2D eigenvalue weighted by molar-refractivity contribution is 0.246. The van der Waals surface area contributed by atoms with Gasteiger partial charge in [-0.05, 0) is 42.6 Å². The molecule has 5 N–H and O–H groups in total. The molecule has 12 heteroatoms. The molecule has 0 saturated heterocycles. The molecule has 0 aliphatic heterocycles. The van der Waals surface area contributed by atoms with Crippen LogP contribution in [-0.4, -0.2) is 43.5 Å². The fraction of sp³-hybridized carbons (Fsp3) is 0.259. The molecule has 2 amide bonds. The molecule has 2 aromatic carbocycles. The van der Waals surface area contributed by atoms with Crippen LogP contribution in [0.4, 0.5) is 25.2 Å². The van der Waals surface area contributed by atoms with Gasteiger partial charge >= 0.3 is 6.03 Å². The van der Waals surface area contributed by atoms with Gasteiger partial charge in [0.15, 0.2) is 0 Å². The zero-order valence-corrected chi connectivity index (χ0v) is 21.7. The first-order valence-corrected chi connectivity index (χ1v) is 12.3. The van der Waals surface area contributed by atoms with E-state index in [9.17, 15) is 18.4 Å². The molecule has 0 radical (unpaired) electrons. The molecular formula is C27H30F2N8O2. The van der Waals surface area contributed by atoms with Gasteiger partial charge in [-0.15, -0.1) is 0 Å². The summed E-state index contributed by atoms with van der Waals surface area (Å²) in [5.41, 5.74) is 7.17. The molecule has 2 heterocycles. The number of benzene rings is 2. The van der Waals surface area contributed by atoms with E-state index in [0.717, 1.165) is 24.4 Å². The summed E-state index contributed by atoms with van der Waals surface area (Å²) in [6.45, 7) is 4.24. The van der Waals surface area contributed by atoms with Crippen molar-refractivity contribution in [3.05, 3.63) is 93.9 Å². The van der Waals surface area contributed by atoms with Crippen LogP contribution in [0.2, 0.25) is 0 Å². The summed E-state index contributed by atoms with van der Waals surface area (Å²) in [5, 5.41) is 4.62. The van der Waals surface area contributed by atoms with Crippen LogP contribution in [0, 0.1) is 18.6 Å². The van der Waals surface area contributed by atoms with Crippen LogP contribution in [0.5, 0.6) is 0 Å². The van der Waals surface area contributed by atoms with Gasteiger partial charge in [0, 0.05) is 44.8 Å². The second-order valence-electron chi connectivity index (χ2n) is 9.13. The topological polar surface area (TPSA) is 134 Å². The van der Waals surface area contributed by atoms with Crippen LogP contribution in [-0.2, 0) is 20.1 Å². The summed E-state index contributed by atoms with van der Waals surface area (Å²) in [4.78, 5) is 38.2. The first-order chi connectivity index (χ1) is 18.7. The molecule has 0 atom stereocenters. The number of nitrogens with one attached hydrogen (secondary N) is 3. The molecule has 10 nitrogen and oxygen atoms in total. The normalized spacial score (nSPS) is 11.1. The quantitative estimate of drug-likeness (QED) is 0.244. The summed E-state index contributed by atoms with van der Waals surface area (Å²) < 4.78 is 29.4. The highest BCUT2D eigenvalue weighted by Gasteiger charge is 2.14. The summed E-state index contributed by atoms with van der Waals surface area (Å²) in [6.07, 6.45) is 5.99. The van der Waals surface area contributed by atoms with Crippen LogP contribution in [0.25, 0.3) is 11.1 Å². The lowest BCUT2D eigenvalue weighted by Crippen LogP contribution is -2.27. The van der Waals surface area contributed by atoms with Crippen molar-refractivity contribution < 1.29 is 13.6 Å². The third-order valence-electron chi connectivity index (χ3n) is 6.16. The molecule has 39 heavy (non-hydrogen) atoms. The summed E-state index contributed by atoms with van der Waals surface area (Å²) in [7, 11) is 1.96. The number of urea groups is 1. The number of aromatic amines is 1. The minimum Gasteiger partial charge on any atom is -0.337 e. The maximum Gasteiger partial charge on any atom is 0.326 e. The third-order valence-corrected chi connectivity index (χ3v) is 6.16. The number of hydrogen-bond donors (Lipinski definition) is 4. The zero-order chi connectivity index (χ0) is 27.9. The molecule has 2 aromatic heterocycles. The number of rotatable bonds is 10. The Morgan fingerprint density at radius 2 is 1.90 bits per heavy atom. The van der Waals surface area contributed by atoms with Gasteiger partial charge in [0.25, 0.3) is 5.56 Å². The number of carbonyl (C=O) groups excluding carboxylic acids is 1. The number of nitrogens with two attached hydrogens (primary N) is 1. The predicted molar refractivity (Wildman–Crippen MR) is 145 cm³/mol. The van der Waals surface area contributed by atoms with Crippen molar-refractivity contribution in [2.24, 2.45) is 12.8 Å². The molecular weight excluding hydrogens is 506 g/mol. The Kier molecular flexibility index (Phi) is 8.79. The van der Waals surface area contributed by atoms with Gasteiger partial charge in [-0.2, -0.15) is 4.98 Å². The largest absolute Gasteiger partial charge is 0.337 e. The number of carbonyl (C=O) groups is 1. The Bertz CT molecular complexity index is 1500. The Hall–Kier alpha value is -4.42. The number of halogens is 2. The number of nitrogens with zero attached hydrogens (tertiary/aromatic N) is 4.